The van der Waals surface area contributed by atoms with E-state index in [4.69, 9.17) is 0 Å². The Labute approximate surface area is 92.8 Å². The Morgan fingerprint density at radius 2 is 1.60 bits per heavy atom. The molecule has 0 spiro atoms. The molecule has 0 aliphatic heterocycles. The Kier molecular flexibility index (Phi) is 4.83. The molecule has 1 heteroatoms. The van der Waals surface area contributed by atoms with Crippen molar-refractivity contribution in [3.8, 4) is 0 Å². The Bertz CT molecular complexity index is 262. The van der Waals surface area contributed by atoms with E-state index in [9.17, 15) is 0 Å². The highest BCUT2D eigenvalue weighted by molar-refractivity contribution is 5.19. The van der Waals surface area contributed by atoms with E-state index in [1.807, 2.05) is 0 Å². The van der Waals surface area contributed by atoms with Gasteiger partial charge in [0.25, 0.3) is 0 Å². The number of rotatable bonds is 2. The SMILES string of the molecule is C[C@H](c1ccccc1)C1CCCCC1.O. The van der Waals surface area contributed by atoms with Gasteiger partial charge in [0.1, 0.15) is 0 Å². The highest BCUT2D eigenvalue weighted by atomic mass is 16.0. The third-order valence-electron chi connectivity index (χ3n) is 3.68. The summed E-state index contributed by atoms with van der Waals surface area (Å²) >= 11 is 0. The summed E-state index contributed by atoms with van der Waals surface area (Å²) in [7, 11) is 0. The van der Waals surface area contributed by atoms with Crippen LogP contribution in [0.5, 0.6) is 0 Å². The molecule has 1 atom stereocenters. The molecule has 1 aromatic rings. The van der Waals surface area contributed by atoms with Gasteiger partial charge < -0.3 is 5.48 Å². The summed E-state index contributed by atoms with van der Waals surface area (Å²) in [6.07, 6.45) is 7.23. The molecule has 1 aromatic carbocycles. The van der Waals surface area contributed by atoms with Crippen molar-refractivity contribution < 1.29 is 5.48 Å². The average Bonchev–Trinajstić information content (AvgIpc) is 2.30. The fourth-order valence-electron chi connectivity index (χ4n) is 2.66. The van der Waals surface area contributed by atoms with Gasteiger partial charge in [0.05, 0.1) is 0 Å². The third kappa shape index (κ3) is 3.07. The lowest BCUT2D eigenvalue weighted by atomic mass is 9.78. The molecule has 0 heterocycles. The highest BCUT2D eigenvalue weighted by Gasteiger charge is 2.20. The van der Waals surface area contributed by atoms with Gasteiger partial charge in [-0.15, -0.1) is 0 Å². The first-order valence-corrected chi connectivity index (χ1v) is 5.93. The minimum Gasteiger partial charge on any atom is -0.412 e. The van der Waals surface area contributed by atoms with E-state index in [1.165, 1.54) is 37.7 Å². The Hall–Kier alpha value is -0.820. The molecule has 0 radical (unpaired) electrons. The summed E-state index contributed by atoms with van der Waals surface area (Å²) in [6, 6.07) is 11.0. The lowest BCUT2D eigenvalue weighted by Gasteiger charge is -2.27. The molecule has 0 saturated heterocycles. The van der Waals surface area contributed by atoms with Gasteiger partial charge in [0.2, 0.25) is 0 Å². The van der Waals surface area contributed by atoms with Crippen molar-refractivity contribution in [2.75, 3.05) is 0 Å². The van der Waals surface area contributed by atoms with E-state index in [0.717, 1.165) is 11.8 Å². The zero-order chi connectivity index (χ0) is 9.80. The molecule has 2 N–H and O–H groups in total. The van der Waals surface area contributed by atoms with E-state index < -0.39 is 0 Å². The quantitative estimate of drug-likeness (QED) is 0.709. The van der Waals surface area contributed by atoms with Crippen molar-refractivity contribution in [1.82, 2.24) is 0 Å². The molecular weight excluding hydrogens is 184 g/mol. The lowest BCUT2D eigenvalue weighted by molar-refractivity contribution is 0.316. The number of hydrogen-bond donors (Lipinski definition) is 0. The van der Waals surface area contributed by atoms with Crippen LogP contribution in [-0.4, -0.2) is 5.48 Å². The van der Waals surface area contributed by atoms with Crippen LogP contribution < -0.4 is 0 Å². The zero-order valence-electron chi connectivity index (χ0n) is 9.58. The van der Waals surface area contributed by atoms with E-state index >= 15 is 0 Å². The molecule has 84 valence electrons. The minimum absolute atomic E-state index is 0. The predicted octanol–water partition coefficient (Wildman–Crippen LogP) is 3.55. The fraction of sp³-hybridized carbons (Fsp3) is 0.571. The van der Waals surface area contributed by atoms with Gasteiger partial charge in [-0.05, 0) is 30.2 Å². The van der Waals surface area contributed by atoms with Crippen LogP contribution in [0.3, 0.4) is 0 Å². The Morgan fingerprint density at radius 1 is 1.00 bits per heavy atom. The molecule has 2 rings (SSSR count). The van der Waals surface area contributed by atoms with Gasteiger partial charge in [-0.2, -0.15) is 0 Å². The van der Waals surface area contributed by atoms with Crippen LogP contribution >= 0.6 is 0 Å². The van der Waals surface area contributed by atoms with Crippen molar-refractivity contribution >= 4 is 0 Å². The number of hydrogen-bond acceptors (Lipinski definition) is 0. The van der Waals surface area contributed by atoms with Crippen molar-refractivity contribution in [2.45, 2.75) is 44.9 Å². The van der Waals surface area contributed by atoms with E-state index in [2.05, 4.69) is 37.3 Å². The van der Waals surface area contributed by atoms with Gasteiger partial charge in [-0.1, -0.05) is 56.5 Å². The topological polar surface area (TPSA) is 31.5 Å². The first kappa shape index (κ1) is 12.3. The van der Waals surface area contributed by atoms with Crippen molar-refractivity contribution in [1.29, 1.82) is 0 Å². The van der Waals surface area contributed by atoms with Crippen LogP contribution in [0.15, 0.2) is 30.3 Å². The summed E-state index contributed by atoms with van der Waals surface area (Å²) in [5.74, 6) is 1.70. The third-order valence-corrected chi connectivity index (χ3v) is 3.68. The summed E-state index contributed by atoms with van der Waals surface area (Å²) in [5, 5.41) is 0. The van der Waals surface area contributed by atoms with Crippen LogP contribution in [0.25, 0.3) is 0 Å². The molecule has 0 aromatic heterocycles. The van der Waals surface area contributed by atoms with Gasteiger partial charge in [-0.25, -0.2) is 0 Å². The molecule has 1 saturated carbocycles. The maximum Gasteiger partial charge on any atom is -0.0162 e. The van der Waals surface area contributed by atoms with Crippen LogP contribution in [0.4, 0.5) is 0 Å². The first-order chi connectivity index (χ1) is 6.88. The molecule has 1 fully saturated rings. The van der Waals surface area contributed by atoms with Gasteiger partial charge >= 0.3 is 0 Å². The summed E-state index contributed by atoms with van der Waals surface area (Å²) < 4.78 is 0. The van der Waals surface area contributed by atoms with Gasteiger partial charge in [0, 0.05) is 0 Å². The molecule has 0 bridgehead atoms. The fourth-order valence-corrected chi connectivity index (χ4v) is 2.66. The van der Waals surface area contributed by atoms with Gasteiger partial charge in [0.15, 0.2) is 0 Å². The average molecular weight is 206 g/mol. The Balaban J connectivity index is 0.00000112. The van der Waals surface area contributed by atoms with Crippen molar-refractivity contribution in [3.63, 3.8) is 0 Å². The second kappa shape index (κ2) is 5.92. The molecule has 1 nitrogen and oxygen atoms in total. The van der Waals surface area contributed by atoms with E-state index in [1.54, 1.807) is 0 Å². The molecule has 15 heavy (non-hydrogen) atoms. The predicted molar refractivity (Wildman–Crippen MR) is 65.0 cm³/mol. The lowest BCUT2D eigenvalue weighted by Crippen LogP contribution is -2.13. The van der Waals surface area contributed by atoms with Crippen LogP contribution in [-0.2, 0) is 0 Å². The maximum absolute atomic E-state index is 2.39. The molecule has 0 unspecified atom stereocenters. The van der Waals surface area contributed by atoms with Crippen LogP contribution in [0.1, 0.15) is 50.5 Å². The second-order valence-corrected chi connectivity index (χ2v) is 4.60. The Morgan fingerprint density at radius 3 is 2.20 bits per heavy atom. The van der Waals surface area contributed by atoms with E-state index in [-0.39, 0.29) is 5.48 Å². The zero-order valence-corrected chi connectivity index (χ0v) is 9.58. The smallest absolute Gasteiger partial charge is 0.0162 e. The maximum atomic E-state index is 2.39. The molecule has 1 aliphatic rings. The summed E-state index contributed by atoms with van der Waals surface area (Å²) in [4.78, 5) is 0. The highest BCUT2D eigenvalue weighted by Crippen LogP contribution is 2.35. The summed E-state index contributed by atoms with van der Waals surface area (Å²) in [5.41, 5.74) is 1.53. The molecule has 1 aliphatic carbocycles. The molecular formula is C14H22O. The van der Waals surface area contributed by atoms with Crippen molar-refractivity contribution in [2.24, 2.45) is 5.92 Å². The van der Waals surface area contributed by atoms with Crippen molar-refractivity contribution in [3.05, 3.63) is 35.9 Å². The second-order valence-electron chi connectivity index (χ2n) is 4.60. The summed E-state index contributed by atoms with van der Waals surface area (Å²) in [6.45, 7) is 2.39. The normalized spacial score (nSPS) is 19.3. The largest absolute Gasteiger partial charge is 0.412 e. The minimum atomic E-state index is 0. The first-order valence-electron chi connectivity index (χ1n) is 5.93. The van der Waals surface area contributed by atoms with E-state index in [0.29, 0.717) is 0 Å². The van der Waals surface area contributed by atoms with Crippen LogP contribution in [0.2, 0.25) is 0 Å². The number of benzene rings is 1. The molecule has 0 amide bonds. The standard InChI is InChI=1S/C14H20.H2O/c1-12(13-8-4-2-5-9-13)14-10-6-3-7-11-14;/h2,4-5,8-9,12,14H,3,6-7,10-11H2,1H3;1H2/t12-;/m1./s1. The van der Waals surface area contributed by atoms with Crippen LogP contribution in [0, 0.1) is 5.92 Å². The monoisotopic (exact) mass is 206 g/mol. The van der Waals surface area contributed by atoms with Gasteiger partial charge in [-0.3, -0.25) is 0 Å².